The molecule has 0 aliphatic rings. The fourth-order valence-corrected chi connectivity index (χ4v) is 3.20. The quantitative estimate of drug-likeness (QED) is 0.360. The van der Waals surface area contributed by atoms with Gasteiger partial charge in [-0.1, -0.05) is 78.3 Å². The zero-order valence-electron chi connectivity index (χ0n) is 11.4. The van der Waals surface area contributed by atoms with E-state index in [0.717, 1.165) is 10.4 Å². The Hall–Kier alpha value is -2.31. The Bertz CT molecular complexity index is 940. The molecule has 1 heteroatoms. The second-order valence-corrected chi connectivity index (χ2v) is 5.58. The summed E-state index contributed by atoms with van der Waals surface area (Å²) in [6.45, 7) is 0. The van der Waals surface area contributed by atoms with E-state index in [0.29, 0.717) is 0 Å². The van der Waals surface area contributed by atoms with Crippen molar-refractivity contribution in [2.75, 3.05) is 0 Å². The summed E-state index contributed by atoms with van der Waals surface area (Å²) in [4.78, 5) is 0. The molecule has 0 heterocycles. The molecule has 0 spiro atoms. The minimum Gasteiger partial charge on any atom is -0.0837 e. The lowest BCUT2D eigenvalue weighted by molar-refractivity contribution is 1.67. The molecular weight excluding hydrogens is 276 g/mol. The molecule has 0 aromatic heterocycles. The van der Waals surface area contributed by atoms with Crippen LogP contribution in [0.25, 0.3) is 32.7 Å². The first-order valence-corrected chi connectivity index (χ1v) is 7.38. The number of hydrogen-bond acceptors (Lipinski definition) is 0. The highest BCUT2D eigenvalue weighted by molar-refractivity contribution is 6.36. The van der Waals surface area contributed by atoms with E-state index in [1.165, 1.54) is 27.3 Å². The fraction of sp³-hybridized carbons (Fsp3) is 0. The summed E-state index contributed by atoms with van der Waals surface area (Å²) in [7, 11) is 0. The molecule has 0 nitrogen and oxygen atoms in total. The predicted molar refractivity (Wildman–Crippen MR) is 91.9 cm³/mol. The third kappa shape index (κ3) is 2.00. The smallest absolute Gasteiger partial charge is 0.0484 e. The van der Waals surface area contributed by atoms with E-state index in [9.17, 15) is 0 Å². The van der Waals surface area contributed by atoms with Gasteiger partial charge in [-0.2, -0.15) is 0 Å². The minimum atomic E-state index is 0.801. The molecule has 0 aliphatic heterocycles. The van der Waals surface area contributed by atoms with Gasteiger partial charge in [0.05, 0.1) is 0 Å². The summed E-state index contributed by atoms with van der Waals surface area (Å²) in [6, 6.07) is 27.3. The average molecular weight is 289 g/mol. The van der Waals surface area contributed by atoms with Crippen LogP contribution in [0.2, 0.25) is 5.02 Å². The van der Waals surface area contributed by atoms with Crippen molar-refractivity contribution in [2.24, 2.45) is 0 Å². The van der Waals surface area contributed by atoms with Crippen LogP contribution in [0, 0.1) is 0 Å². The molecule has 0 amide bonds. The van der Waals surface area contributed by atoms with Gasteiger partial charge in [-0.15, -0.1) is 0 Å². The van der Waals surface area contributed by atoms with Crippen LogP contribution in [-0.4, -0.2) is 0 Å². The first-order valence-electron chi connectivity index (χ1n) is 7.00. The second kappa shape index (κ2) is 4.91. The molecule has 4 rings (SSSR count). The van der Waals surface area contributed by atoms with E-state index in [2.05, 4.69) is 60.7 Å². The average Bonchev–Trinajstić information content (AvgIpc) is 2.54. The van der Waals surface area contributed by atoms with E-state index in [1.807, 2.05) is 18.2 Å². The van der Waals surface area contributed by atoms with Crippen molar-refractivity contribution in [3.8, 4) is 11.1 Å². The molecule has 0 N–H and O–H groups in total. The van der Waals surface area contributed by atoms with Crippen LogP contribution >= 0.6 is 11.6 Å². The Morgan fingerprint density at radius 2 is 1.29 bits per heavy atom. The molecule has 0 atom stereocenters. The molecular formula is C20H13Cl. The summed E-state index contributed by atoms with van der Waals surface area (Å²) >= 11 is 6.42. The molecule has 0 radical (unpaired) electrons. The van der Waals surface area contributed by atoms with Crippen LogP contribution in [0.5, 0.6) is 0 Å². The zero-order valence-corrected chi connectivity index (χ0v) is 12.1. The van der Waals surface area contributed by atoms with Gasteiger partial charge in [0, 0.05) is 10.4 Å². The zero-order chi connectivity index (χ0) is 14.2. The van der Waals surface area contributed by atoms with E-state index in [1.54, 1.807) is 0 Å². The molecule has 21 heavy (non-hydrogen) atoms. The van der Waals surface area contributed by atoms with Crippen molar-refractivity contribution in [3.63, 3.8) is 0 Å². The van der Waals surface area contributed by atoms with Crippen LogP contribution < -0.4 is 0 Å². The van der Waals surface area contributed by atoms with Crippen LogP contribution in [0.15, 0.2) is 78.9 Å². The van der Waals surface area contributed by atoms with E-state index in [-0.39, 0.29) is 0 Å². The van der Waals surface area contributed by atoms with Crippen LogP contribution in [-0.2, 0) is 0 Å². The van der Waals surface area contributed by atoms with Gasteiger partial charge in [0.25, 0.3) is 0 Å². The number of fused-ring (bicyclic) bond motifs is 2. The summed E-state index contributed by atoms with van der Waals surface area (Å²) in [5.74, 6) is 0. The maximum absolute atomic E-state index is 6.42. The summed E-state index contributed by atoms with van der Waals surface area (Å²) < 4.78 is 0. The lowest BCUT2D eigenvalue weighted by Crippen LogP contribution is -1.85. The van der Waals surface area contributed by atoms with Gasteiger partial charge >= 0.3 is 0 Å². The number of rotatable bonds is 1. The first-order chi connectivity index (χ1) is 10.3. The standard InChI is InChI=1S/C20H13Cl/c21-19-12-6-11-17-18(19)13-15-9-4-5-10-16(15)20(17)14-7-2-1-3-8-14/h1-13H. The topological polar surface area (TPSA) is 0 Å². The summed E-state index contributed by atoms with van der Waals surface area (Å²) in [5, 5.41) is 5.59. The number of halogens is 1. The maximum Gasteiger partial charge on any atom is 0.0484 e. The van der Waals surface area contributed by atoms with Crippen molar-refractivity contribution >= 4 is 33.1 Å². The van der Waals surface area contributed by atoms with Crippen molar-refractivity contribution in [2.45, 2.75) is 0 Å². The molecule has 4 aromatic carbocycles. The van der Waals surface area contributed by atoms with Gasteiger partial charge in [-0.3, -0.25) is 0 Å². The Morgan fingerprint density at radius 1 is 0.571 bits per heavy atom. The molecule has 100 valence electrons. The Labute approximate surface area is 128 Å². The van der Waals surface area contributed by atoms with E-state index in [4.69, 9.17) is 11.6 Å². The molecule has 0 saturated heterocycles. The van der Waals surface area contributed by atoms with Crippen LogP contribution in [0.1, 0.15) is 0 Å². The van der Waals surface area contributed by atoms with Crippen molar-refractivity contribution in [3.05, 3.63) is 83.9 Å². The number of benzene rings is 4. The summed E-state index contributed by atoms with van der Waals surface area (Å²) in [5.41, 5.74) is 2.48. The highest BCUT2D eigenvalue weighted by Gasteiger charge is 2.10. The van der Waals surface area contributed by atoms with Gasteiger partial charge in [0.15, 0.2) is 0 Å². The van der Waals surface area contributed by atoms with E-state index >= 15 is 0 Å². The van der Waals surface area contributed by atoms with E-state index < -0.39 is 0 Å². The van der Waals surface area contributed by atoms with Crippen molar-refractivity contribution in [1.29, 1.82) is 0 Å². The Kier molecular flexibility index (Phi) is 2.90. The molecule has 0 unspecified atom stereocenters. The normalized spacial score (nSPS) is 11.1. The third-order valence-electron chi connectivity index (χ3n) is 3.91. The largest absolute Gasteiger partial charge is 0.0837 e. The number of hydrogen-bond donors (Lipinski definition) is 0. The first kappa shape index (κ1) is 12.4. The lowest BCUT2D eigenvalue weighted by Gasteiger charge is -2.12. The van der Waals surface area contributed by atoms with Gasteiger partial charge < -0.3 is 0 Å². The minimum absolute atomic E-state index is 0.801. The molecule has 0 saturated carbocycles. The SMILES string of the molecule is Clc1cccc2c(-c3ccccc3)c3ccccc3cc12. The van der Waals surface area contributed by atoms with Gasteiger partial charge in [-0.25, -0.2) is 0 Å². The molecule has 4 aromatic rings. The lowest BCUT2D eigenvalue weighted by atomic mass is 9.92. The predicted octanol–water partition coefficient (Wildman–Crippen LogP) is 6.31. The van der Waals surface area contributed by atoms with Gasteiger partial charge in [-0.05, 0) is 39.4 Å². The molecule has 0 bridgehead atoms. The third-order valence-corrected chi connectivity index (χ3v) is 4.24. The monoisotopic (exact) mass is 288 g/mol. The summed E-state index contributed by atoms with van der Waals surface area (Å²) in [6.07, 6.45) is 0. The highest BCUT2D eigenvalue weighted by Crippen LogP contribution is 2.38. The fourth-order valence-electron chi connectivity index (χ4n) is 2.97. The Balaban J connectivity index is 2.26. The molecule has 0 fully saturated rings. The van der Waals surface area contributed by atoms with Gasteiger partial charge in [0.2, 0.25) is 0 Å². The maximum atomic E-state index is 6.42. The highest BCUT2D eigenvalue weighted by atomic mass is 35.5. The molecule has 0 aliphatic carbocycles. The van der Waals surface area contributed by atoms with Gasteiger partial charge in [0.1, 0.15) is 0 Å². The van der Waals surface area contributed by atoms with Crippen LogP contribution in [0.3, 0.4) is 0 Å². The van der Waals surface area contributed by atoms with Crippen molar-refractivity contribution < 1.29 is 0 Å². The second-order valence-electron chi connectivity index (χ2n) is 5.17. The Morgan fingerprint density at radius 3 is 2.14 bits per heavy atom. The van der Waals surface area contributed by atoms with Crippen LogP contribution in [0.4, 0.5) is 0 Å². The van der Waals surface area contributed by atoms with Crippen molar-refractivity contribution in [1.82, 2.24) is 0 Å².